The molecule has 1 aliphatic carbocycles. The summed E-state index contributed by atoms with van der Waals surface area (Å²) < 4.78 is 0. The summed E-state index contributed by atoms with van der Waals surface area (Å²) in [6.07, 6.45) is 6.22. The molecule has 1 unspecified atom stereocenters. The van der Waals surface area contributed by atoms with E-state index in [0.29, 0.717) is 24.4 Å². The van der Waals surface area contributed by atoms with E-state index >= 15 is 0 Å². The minimum absolute atomic E-state index is 0.108. The number of fused-ring (bicyclic) bond motifs is 1. The topological polar surface area (TPSA) is 101 Å². The monoisotopic (exact) mass is 425 g/mol. The second kappa shape index (κ2) is 10.6. The van der Waals surface area contributed by atoms with E-state index in [2.05, 4.69) is 21.7 Å². The van der Waals surface area contributed by atoms with Crippen molar-refractivity contribution in [2.75, 3.05) is 25.1 Å². The highest BCUT2D eigenvalue weighted by molar-refractivity contribution is 6.38. The van der Waals surface area contributed by atoms with Gasteiger partial charge in [-0.2, -0.15) is 0 Å². The number of para-hydroxylation sites is 1. The van der Waals surface area contributed by atoms with Crippen LogP contribution in [0.15, 0.2) is 40.7 Å². The number of anilines is 1. The molecule has 0 spiro atoms. The summed E-state index contributed by atoms with van der Waals surface area (Å²) in [6.45, 7) is 4.30. The van der Waals surface area contributed by atoms with Crippen LogP contribution in [-0.2, 0) is 4.79 Å². The van der Waals surface area contributed by atoms with Gasteiger partial charge in [-0.25, -0.2) is 4.99 Å². The highest BCUT2D eigenvalue weighted by Crippen LogP contribution is 2.38. The first-order valence-corrected chi connectivity index (χ1v) is 11.3. The predicted molar refractivity (Wildman–Crippen MR) is 126 cm³/mol. The number of carbonyl (C=O) groups is 1. The lowest BCUT2D eigenvalue weighted by atomic mass is 9.95. The minimum atomic E-state index is -0.166. The van der Waals surface area contributed by atoms with Crippen LogP contribution in [0.4, 0.5) is 5.69 Å². The number of benzene rings is 1. The third-order valence-corrected chi connectivity index (χ3v) is 6.32. The lowest BCUT2D eigenvalue weighted by Crippen LogP contribution is -2.40. The van der Waals surface area contributed by atoms with Crippen molar-refractivity contribution >= 4 is 23.1 Å². The molecule has 1 aromatic carbocycles. The molecule has 1 heterocycles. The van der Waals surface area contributed by atoms with E-state index in [4.69, 9.17) is 5.41 Å². The second-order valence-electron chi connectivity index (χ2n) is 8.46. The Morgan fingerprint density at radius 1 is 1.23 bits per heavy atom. The lowest BCUT2D eigenvalue weighted by Gasteiger charge is -2.24. The molecule has 2 aliphatic rings. The molecule has 0 bridgehead atoms. The quantitative estimate of drug-likeness (QED) is 0.398. The third kappa shape index (κ3) is 5.34. The zero-order valence-electron chi connectivity index (χ0n) is 18.9. The highest BCUT2D eigenvalue weighted by Gasteiger charge is 2.32. The molecule has 0 radical (unpaired) electrons. The Morgan fingerprint density at radius 2 is 1.94 bits per heavy atom. The Morgan fingerprint density at radius 3 is 2.61 bits per heavy atom. The highest BCUT2D eigenvalue weighted by atomic mass is 16.3. The molecule has 31 heavy (non-hydrogen) atoms. The van der Waals surface area contributed by atoms with E-state index in [9.17, 15) is 9.90 Å². The van der Waals surface area contributed by atoms with E-state index in [1.807, 2.05) is 30.0 Å². The number of aliphatic imine (C=N–C) groups is 1. The van der Waals surface area contributed by atoms with Gasteiger partial charge in [0, 0.05) is 43.5 Å². The number of nitrogens with zero attached hydrogens (tertiary/aromatic N) is 2. The van der Waals surface area contributed by atoms with E-state index in [-0.39, 0.29) is 30.3 Å². The predicted octanol–water partition coefficient (Wildman–Crippen LogP) is 3.31. The zero-order valence-corrected chi connectivity index (χ0v) is 18.9. The van der Waals surface area contributed by atoms with Crippen LogP contribution in [0, 0.1) is 5.41 Å². The van der Waals surface area contributed by atoms with Gasteiger partial charge in [-0.15, -0.1) is 0 Å². The molecule has 168 valence electrons. The molecule has 1 aliphatic heterocycles. The maximum Gasteiger partial charge on any atom is 0.265 e. The Balaban J connectivity index is 1.83. The van der Waals surface area contributed by atoms with Crippen LogP contribution < -0.4 is 15.5 Å². The van der Waals surface area contributed by atoms with Crippen molar-refractivity contribution in [3.8, 4) is 0 Å². The Hall–Kier alpha value is -2.67. The Bertz CT molecular complexity index is 870. The average molecular weight is 426 g/mol. The average Bonchev–Trinajstić information content (AvgIpc) is 3.16. The van der Waals surface area contributed by atoms with Crippen LogP contribution in [0.1, 0.15) is 63.9 Å². The molecular weight excluding hydrogens is 390 g/mol. The third-order valence-electron chi connectivity index (χ3n) is 6.32. The molecule has 1 atom stereocenters. The molecule has 1 aromatic rings. The van der Waals surface area contributed by atoms with Gasteiger partial charge < -0.3 is 20.6 Å². The molecule has 1 fully saturated rings. The van der Waals surface area contributed by atoms with Crippen molar-refractivity contribution < 1.29 is 9.90 Å². The number of amides is 1. The van der Waals surface area contributed by atoms with Crippen LogP contribution in [0.2, 0.25) is 0 Å². The van der Waals surface area contributed by atoms with Crippen molar-refractivity contribution in [3.63, 3.8) is 0 Å². The van der Waals surface area contributed by atoms with E-state index in [0.717, 1.165) is 42.6 Å². The second-order valence-corrected chi connectivity index (χ2v) is 8.46. The van der Waals surface area contributed by atoms with Crippen LogP contribution >= 0.6 is 0 Å². The number of aliphatic hydroxyl groups is 1. The normalized spacial score (nSPS) is 20.2. The van der Waals surface area contributed by atoms with Crippen LogP contribution in [-0.4, -0.2) is 48.8 Å². The minimum Gasteiger partial charge on any atom is -0.396 e. The number of allylic oxidation sites excluding steroid dienone is 1. The van der Waals surface area contributed by atoms with E-state index < -0.39 is 0 Å². The maximum absolute atomic E-state index is 12.7. The fraction of sp³-hybridized carbons (Fsp3) is 0.542. The number of hydrogen-bond acceptors (Lipinski definition) is 5. The number of hydrogen-bond donors (Lipinski definition) is 4. The fourth-order valence-corrected chi connectivity index (χ4v) is 4.43. The number of nitrogens with one attached hydrogen (secondary N) is 3. The first-order valence-electron chi connectivity index (χ1n) is 11.3. The van der Waals surface area contributed by atoms with Crippen molar-refractivity contribution in [3.05, 3.63) is 41.2 Å². The number of aliphatic hydroxyl groups excluding tert-OH is 1. The van der Waals surface area contributed by atoms with Crippen molar-refractivity contribution in [1.29, 1.82) is 5.41 Å². The standard InChI is InChI=1S/C24H35N5O2/c1-16(26-3)22(27-17(2)24(31)28-19-9-5-4-6-10-19)23(25)29-15-18(13-14-30)20-11-7-8-12-21(20)29/h7-8,11-12,18-19,25-26,30H,4-6,9-10,13-15H2,1-3H3,(H,28,31). The zero-order chi connectivity index (χ0) is 22.4. The van der Waals surface area contributed by atoms with Crippen molar-refractivity contribution in [2.45, 2.75) is 64.3 Å². The molecule has 0 saturated heterocycles. The number of amidine groups is 1. The van der Waals surface area contributed by atoms with Gasteiger partial charge >= 0.3 is 0 Å². The molecule has 7 heteroatoms. The summed E-state index contributed by atoms with van der Waals surface area (Å²) in [4.78, 5) is 19.3. The summed E-state index contributed by atoms with van der Waals surface area (Å²) in [5.41, 5.74) is 3.65. The summed E-state index contributed by atoms with van der Waals surface area (Å²) >= 11 is 0. The van der Waals surface area contributed by atoms with E-state index in [1.54, 1.807) is 14.0 Å². The summed E-state index contributed by atoms with van der Waals surface area (Å²) in [5.74, 6) is 0.253. The van der Waals surface area contributed by atoms with Gasteiger partial charge in [0.15, 0.2) is 5.84 Å². The smallest absolute Gasteiger partial charge is 0.265 e. The maximum atomic E-state index is 12.7. The van der Waals surface area contributed by atoms with Gasteiger partial charge in [0.1, 0.15) is 11.4 Å². The van der Waals surface area contributed by atoms with Gasteiger partial charge in [0.2, 0.25) is 0 Å². The van der Waals surface area contributed by atoms with Gasteiger partial charge in [0.05, 0.1) is 0 Å². The largest absolute Gasteiger partial charge is 0.396 e. The van der Waals surface area contributed by atoms with Gasteiger partial charge in [0.25, 0.3) is 5.91 Å². The van der Waals surface area contributed by atoms with Crippen molar-refractivity contribution in [1.82, 2.24) is 10.6 Å². The summed E-state index contributed by atoms with van der Waals surface area (Å²) in [6, 6.07) is 8.22. The molecular formula is C24H35N5O2. The van der Waals surface area contributed by atoms with Gasteiger partial charge in [-0.05, 0) is 44.7 Å². The SMILES string of the molecule is CNC(C)=C(N=C(C)C(=O)NC1CCCCC1)C(=N)N1CC(CCO)c2ccccc21. The first-order chi connectivity index (χ1) is 15.0. The van der Waals surface area contributed by atoms with Crippen molar-refractivity contribution in [2.24, 2.45) is 4.99 Å². The lowest BCUT2D eigenvalue weighted by molar-refractivity contribution is -0.115. The molecule has 1 amide bonds. The van der Waals surface area contributed by atoms with Crippen LogP contribution in [0.3, 0.4) is 0 Å². The summed E-state index contributed by atoms with van der Waals surface area (Å²) in [7, 11) is 1.79. The molecule has 4 N–H and O–H groups in total. The molecule has 1 saturated carbocycles. The Labute approximate surface area is 185 Å². The van der Waals surface area contributed by atoms with Gasteiger partial charge in [-0.1, -0.05) is 37.5 Å². The van der Waals surface area contributed by atoms with Gasteiger partial charge in [-0.3, -0.25) is 10.2 Å². The molecule has 3 rings (SSSR count). The number of carbonyl (C=O) groups excluding carboxylic acids is 1. The van der Waals surface area contributed by atoms with Crippen LogP contribution in [0.5, 0.6) is 0 Å². The van der Waals surface area contributed by atoms with Crippen LogP contribution in [0.25, 0.3) is 0 Å². The fourth-order valence-electron chi connectivity index (χ4n) is 4.43. The van der Waals surface area contributed by atoms with E-state index in [1.165, 1.54) is 6.42 Å². The Kier molecular flexibility index (Phi) is 7.85. The first kappa shape index (κ1) is 23.0. The molecule has 7 nitrogen and oxygen atoms in total. The number of rotatable bonds is 7. The summed E-state index contributed by atoms with van der Waals surface area (Å²) in [5, 5.41) is 24.6. The molecule has 0 aromatic heterocycles.